The zero-order chi connectivity index (χ0) is 15.7. The molecule has 3 rings (SSSR count). The van der Waals surface area contributed by atoms with Crippen LogP contribution in [0, 0.1) is 6.92 Å². The van der Waals surface area contributed by atoms with Crippen molar-refractivity contribution >= 4 is 44.0 Å². The fourth-order valence-electron chi connectivity index (χ4n) is 2.33. The average molecular weight is 359 g/mol. The predicted octanol–water partition coefficient (Wildman–Crippen LogP) is 4.56. The molecule has 0 fully saturated rings. The number of ether oxygens (including phenoxy) is 1. The highest BCUT2D eigenvalue weighted by atomic mass is 79.9. The van der Waals surface area contributed by atoms with Crippen molar-refractivity contribution in [3.8, 4) is 5.75 Å². The van der Waals surface area contributed by atoms with Crippen molar-refractivity contribution in [2.45, 2.75) is 26.7 Å². The van der Waals surface area contributed by atoms with Crippen LogP contribution >= 0.6 is 15.9 Å². The second-order valence-corrected chi connectivity index (χ2v) is 5.99. The van der Waals surface area contributed by atoms with E-state index in [1.54, 1.807) is 0 Å². The molecule has 2 aromatic carbocycles. The largest absolute Gasteiger partial charge is 0.424 e. The highest BCUT2D eigenvalue weighted by Crippen LogP contribution is 2.34. The summed E-state index contributed by atoms with van der Waals surface area (Å²) in [5.74, 6) is 0.249. The van der Waals surface area contributed by atoms with Gasteiger partial charge in [0.05, 0.1) is 11.0 Å². The number of carbonyl (C=O) groups excluding carboxylic acids is 1. The lowest BCUT2D eigenvalue weighted by Crippen LogP contribution is -2.09. The van der Waals surface area contributed by atoms with Gasteiger partial charge in [0.15, 0.2) is 5.75 Å². The molecule has 0 unspecified atom stereocenters. The number of benzene rings is 2. The molecule has 0 amide bonds. The van der Waals surface area contributed by atoms with Gasteiger partial charge in [-0.05, 0) is 53.0 Å². The fourth-order valence-corrected chi connectivity index (χ4v) is 2.95. The van der Waals surface area contributed by atoms with Crippen molar-refractivity contribution in [3.63, 3.8) is 0 Å². The molecule has 0 saturated carbocycles. The Labute approximate surface area is 136 Å². The molecule has 0 aliphatic carbocycles. The summed E-state index contributed by atoms with van der Waals surface area (Å²) in [4.78, 5) is 21.1. The third-order valence-electron chi connectivity index (χ3n) is 3.38. The van der Waals surface area contributed by atoms with E-state index in [1.165, 1.54) is 0 Å². The van der Waals surface area contributed by atoms with E-state index in [9.17, 15) is 4.79 Å². The van der Waals surface area contributed by atoms with Crippen LogP contribution in [0.4, 0.5) is 0 Å². The molecule has 112 valence electrons. The van der Waals surface area contributed by atoms with Crippen molar-refractivity contribution in [1.82, 2.24) is 9.97 Å². The van der Waals surface area contributed by atoms with Crippen LogP contribution < -0.4 is 4.74 Å². The van der Waals surface area contributed by atoms with Crippen LogP contribution in [-0.2, 0) is 4.79 Å². The van der Waals surface area contributed by atoms with E-state index in [0.29, 0.717) is 23.2 Å². The number of carbonyl (C=O) groups is 1. The van der Waals surface area contributed by atoms with Crippen molar-refractivity contribution < 1.29 is 9.53 Å². The minimum Gasteiger partial charge on any atom is -0.424 e. The third kappa shape index (κ3) is 2.68. The zero-order valence-electron chi connectivity index (χ0n) is 12.4. The van der Waals surface area contributed by atoms with Gasteiger partial charge in [-0.3, -0.25) is 4.79 Å². The molecule has 0 bridgehead atoms. The minimum absolute atomic E-state index is 0.246. The van der Waals surface area contributed by atoms with E-state index >= 15 is 0 Å². The van der Waals surface area contributed by atoms with Crippen molar-refractivity contribution in [1.29, 1.82) is 0 Å². The highest BCUT2D eigenvalue weighted by Gasteiger charge is 2.16. The van der Waals surface area contributed by atoms with Gasteiger partial charge in [0.25, 0.3) is 0 Å². The number of fused-ring (bicyclic) bond motifs is 2. The average Bonchev–Trinajstić information content (AvgIpc) is 2.50. The van der Waals surface area contributed by atoms with Crippen LogP contribution in [0.1, 0.15) is 25.3 Å². The topological polar surface area (TPSA) is 52.1 Å². The van der Waals surface area contributed by atoms with Gasteiger partial charge < -0.3 is 4.74 Å². The lowest BCUT2D eigenvalue weighted by molar-refractivity contribution is -0.134. The molecule has 0 aliphatic rings. The molecule has 0 radical (unpaired) electrons. The van der Waals surface area contributed by atoms with Crippen molar-refractivity contribution in [2.24, 2.45) is 0 Å². The number of para-hydroxylation sites is 2. The summed E-state index contributed by atoms with van der Waals surface area (Å²) < 4.78 is 6.38. The first-order valence-corrected chi connectivity index (χ1v) is 7.95. The molecule has 1 heterocycles. The molecule has 5 heteroatoms. The Bertz CT molecular complexity index is 877. The van der Waals surface area contributed by atoms with E-state index in [2.05, 4.69) is 25.9 Å². The quantitative estimate of drug-likeness (QED) is 0.391. The van der Waals surface area contributed by atoms with Crippen LogP contribution in [0.15, 0.2) is 34.8 Å². The Kier molecular flexibility index (Phi) is 4.07. The number of hydrogen-bond donors (Lipinski definition) is 0. The molecule has 22 heavy (non-hydrogen) atoms. The van der Waals surface area contributed by atoms with E-state index in [0.717, 1.165) is 27.5 Å². The van der Waals surface area contributed by atoms with Gasteiger partial charge in [0, 0.05) is 10.9 Å². The number of halogens is 1. The third-order valence-corrected chi connectivity index (χ3v) is 3.99. The molecule has 0 atom stereocenters. The standard InChI is InChI=1S/C17H15BrN2O2/c1-3-6-14(21)22-17-10(2)9-11(18)15-16(17)20-13-8-5-4-7-12(13)19-15/h4-5,7-9H,3,6H2,1-2H3. The molecule has 3 aromatic rings. The van der Waals surface area contributed by atoms with Crippen molar-refractivity contribution in [3.05, 3.63) is 40.4 Å². The van der Waals surface area contributed by atoms with Gasteiger partial charge in [-0.1, -0.05) is 19.1 Å². The smallest absolute Gasteiger partial charge is 0.311 e. The van der Waals surface area contributed by atoms with Gasteiger partial charge in [-0.15, -0.1) is 0 Å². The van der Waals surface area contributed by atoms with Gasteiger partial charge in [0.2, 0.25) is 0 Å². The summed E-state index contributed by atoms with van der Waals surface area (Å²) in [6.07, 6.45) is 1.14. The van der Waals surface area contributed by atoms with Crippen LogP contribution in [0.25, 0.3) is 22.1 Å². The van der Waals surface area contributed by atoms with Crippen LogP contribution in [0.2, 0.25) is 0 Å². The number of esters is 1. The zero-order valence-corrected chi connectivity index (χ0v) is 14.0. The summed E-state index contributed by atoms with van der Waals surface area (Å²) in [7, 11) is 0. The Hall–Kier alpha value is -2.01. The van der Waals surface area contributed by atoms with Gasteiger partial charge in [-0.2, -0.15) is 0 Å². The normalized spacial score (nSPS) is 11.0. The maximum Gasteiger partial charge on any atom is 0.311 e. The molecular formula is C17H15BrN2O2. The Morgan fingerprint density at radius 2 is 1.82 bits per heavy atom. The van der Waals surface area contributed by atoms with Crippen LogP contribution in [-0.4, -0.2) is 15.9 Å². The minimum atomic E-state index is -0.246. The molecule has 0 saturated heterocycles. The number of nitrogens with zero attached hydrogens (tertiary/aromatic N) is 2. The Morgan fingerprint density at radius 1 is 1.18 bits per heavy atom. The summed E-state index contributed by atoms with van der Waals surface area (Å²) in [5, 5.41) is 0. The lowest BCUT2D eigenvalue weighted by atomic mass is 10.1. The molecule has 0 spiro atoms. The van der Waals surface area contributed by atoms with Crippen molar-refractivity contribution in [2.75, 3.05) is 0 Å². The number of aromatic nitrogens is 2. The predicted molar refractivity (Wildman–Crippen MR) is 90.0 cm³/mol. The maximum atomic E-state index is 11.9. The van der Waals surface area contributed by atoms with E-state index < -0.39 is 0 Å². The first-order chi connectivity index (χ1) is 10.6. The van der Waals surface area contributed by atoms with Gasteiger partial charge in [-0.25, -0.2) is 9.97 Å². The Morgan fingerprint density at radius 3 is 2.45 bits per heavy atom. The first kappa shape index (κ1) is 14.9. The van der Waals surface area contributed by atoms with E-state index in [-0.39, 0.29) is 5.97 Å². The van der Waals surface area contributed by atoms with E-state index in [4.69, 9.17) is 4.74 Å². The fraction of sp³-hybridized carbons (Fsp3) is 0.235. The summed E-state index contributed by atoms with van der Waals surface area (Å²) in [6, 6.07) is 9.55. The second-order valence-electron chi connectivity index (χ2n) is 5.14. The van der Waals surface area contributed by atoms with Crippen LogP contribution in [0.3, 0.4) is 0 Å². The summed E-state index contributed by atoms with van der Waals surface area (Å²) >= 11 is 3.52. The summed E-state index contributed by atoms with van der Waals surface area (Å²) in [6.45, 7) is 3.84. The van der Waals surface area contributed by atoms with Gasteiger partial charge in [0.1, 0.15) is 11.0 Å². The number of hydrogen-bond acceptors (Lipinski definition) is 4. The van der Waals surface area contributed by atoms with E-state index in [1.807, 2.05) is 44.2 Å². The van der Waals surface area contributed by atoms with Crippen LogP contribution in [0.5, 0.6) is 5.75 Å². The molecular weight excluding hydrogens is 344 g/mol. The molecule has 1 aromatic heterocycles. The molecule has 0 aliphatic heterocycles. The molecule has 0 N–H and O–H groups in total. The maximum absolute atomic E-state index is 11.9. The summed E-state index contributed by atoms with van der Waals surface area (Å²) in [5.41, 5.74) is 3.75. The lowest BCUT2D eigenvalue weighted by Gasteiger charge is -2.11. The second kappa shape index (κ2) is 6.01. The Balaban J connectivity index is 2.25. The monoisotopic (exact) mass is 358 g/mol. The molecule has 4 nitrogen and oxygen atoms in total. The number of rotatable bonds is 3. The SMILES string of the molecule is CCCC(=O)Oc1c(C)cc(Br)c2nc3ccccc3nc12. The van der Waals surface area contributed by atoms with Gasteiger partial charge >= 0.3 is 5.97 Å². The first-order valence-electron chi connectivity index (χ1n) is 7.16. The number of aryl methyl sites for hydroxylation is 1. The highest BCUT2D eigenvalue weighted by molar-refractivity contribution is 9.10.